The Morgan fingerprint density at radius 2 is 2.09 bits per heavy atom. The van der Waals surface area contributed by atoms with Gasteiger partial charge in [0, 0.05) is 26.2 Å². The van der Waals surface area contributed by atoms with Crippen LogP contribution in [-0.2, 0) is 0 Å². The molecule has 1 fully saturated rings. The van der Waals surface area contributed by atoms with Gasteiger partial charge in [0.25, 0.3) is 0 Å². The molecule has 2 aromatic heterocycles. The summed E-state index contributed by atoms with van der Waals surface area (Å²) in [5.74, 6) is 0.800. The van der Waals surface area contributed by atoms with Crippen molar-refractivity contribution < 1.29 is 0 Å². The molecule has 0 radical (unpaired) electrons. The minimum absolute atomic E-state index is 0.598. The maximum atomic E-state index is 7.26. The van der Waals surface area contributed by atoms with E-state index in [0.717, 1.165) is 48.6 Å². The van der Waals surface area contributed by atoms with Gasteiger partial charge in [-0.2, -0.15) is 4.52 Å². The number of nitrogens with one attached hydrogen (secondary N) is 1. The fourth-order valence-electron chi connectivity index (χ4n) is 2.79. The van der Waals surface area contributed by atoms with Crippen LogP contribution in [0, 0.1) is 13.5 Å². The zero-order valence-corrected chi connectivity index (χ0v) is 12.1. The molecule has 0 atom stereocenters. The van der Waals surface area contributed by atoms with Gasteiger partial charge in [0.2, 0.25) is 5.65 Å². The minimum atomic E-state index is 0.598. The van der Waals surface area contributed by atoms with E-state index in [2.05, 4.69) is 30.6 Å². The van der Waals surface area contributed by atoms with Gasteiger partial charge >= 0.3 is 0 Å². The topological polar surface area (TPSA) is 75.6 Å². The molecule has 3 aromatic rings. The van der Waals surface area contributed by atoms with Gasteiger partial charge in [-0.1, -0.05) is 0 Å². The van der Waals surface area contributed by atoms with E-state index in [1.54, 1.807) is 10.6 Å². The summed E-state index contributed by atoms with van der Waals surface area (Å²) in [5, 5.41) is 15.3. The predicted molar refractivity (Wildman–Crippen MR) is 82.2 cm³/mol. The van der Waals surface area contributed by atoms with Crippen molar-refractivity contribution in [3.63, 3.8) is 0 Å². The molecule has 1 aromatic carbocycles. The molecular weight excluding hydrogens is 280 g/mol. The van der Waals surface area contributed by atoms with Crippen molar-refractivity contribution in [3.8, 4) is 0 Å². The van der Waals surface area contributed by atoms with Crippen LogP contribution in [0.25, 0.3) is 21.5 Å². The number of aryl methyl sites for hydroxylation is 1. The number of nitrogens with zero attached hydrogens (tertiary/aromatic N) is 7. The molecule has 8 nitrogen and oxygen atoms in total. The van der Waals surface area contributed by atoms with Crippen molar-refractivity contribution in [1.82, 2.24) is 30.3 Å². The van der Waals surface area contributed by atoms with Crippen LogP contribution in [0.15, 0.2) is 12.1 Å². The SMILES string of the molecule is [C-]#[N+]c1cc2c(cc1C)nc(N1CCNCC1)c1nnnn12. The molecule has 1 aliphatic rings. The molecule has 4 rings (SSSR count). The van der Waals surface area contributed by atoms with Crippen LogP contribution in [0.2, 0.25) is 0 Å². The van der Waals surface area contributed by atoms with Crippen molar-refractivity contribution in [2.75, 3.05) is 31.1 Å². The van der Waals surface area contributed by atoms with Crippen LogP contribution < -0.4 is 10.2 Å². The van der Waals surface area contributed by atoms with Crippen molar-refractivity contribution >= 4 is 28.2 Å². The fourth-order valence-corrected chi connectivity index (χ4v) is 2.79. The van der Waals surface area contributed by atoms with Crippen molar-refractivity contribution in [1.29, 1.82) is 0 Å². The second-order valence-corrected chi connectivity index (χ2v) is 5.33. The summed E-state index contributed by atoms with van der Waals surface area (Å²) in [4.78, 5) is 10.5. The molecule has 110 valence electrons. The molecule has 1 aliphatic heterocycles. The number of fused-ring (bicyclic) bond motifs is 3. The molecular formula is C14H14N8. The largest absolute Gasteiger partial charge is 0.351 e. The van der Waals surface area contributed by atoms with Crippen molar-refractivity contribution in [2.45, 2.75) is 6.92 Å². The van der Waals surface area contributed by atoms with E-state index in [1.807, 2.05) is 13.0 Å². The molecule has 0 aliphatic carbocycles. The van der Waals surface area contributed by atoms with Crippen LogP contribution in [0.1, 0.15) is 5.56 Å². The van der Waals surface area contributed by atoms with Crippen LogP contribution in [-0.4, -0.2) is 51.2 Å². The van der Waals surface area contributed by atoms with Gasteiger partial charge in [-0.3, -0.25) is 0 Å². The zero-order valence-electron chi connectivity index (χ0n) is 12.1. The highest BCUT2D eigenvalue weighted by Crippen LogP contribution is 2.28. The lowest BCUT2D eigenvalue weighted by molar-refractivity contribution is 0.586. The van der Waals surface area contributed by atoms with Crippen LogP contribution in [0.5, 0.6) is 0 Å². The van der Waals surface area contributed by atoms with E-state index < -0.39 is 0 Å². The Bertz CT molecular complexity index is 900. The van der Waals surface area contributed by atoms with Crippen molar-refractivity contribution in [2.24, 2.45) is 0 Å². The molecule has 0 amide bonds. The maximum Gasteiger partial charge on any atom is 0.222 e. The first-order chi connectivity index (χ1) is 10.8. The molecule has 1 saturated heterocycles. The summed E-state index contributed by atoms with van der Waals surface area (Å²) >= 11 is 0. The van der Waals surface area contributed by atoms with Crippen LogP contribution in [0.4, 0.5) is 11.5 Å². The summed E-state index contributed by atoms with van der Waals surface area (Å²) < 4.78 is 1.67. The van der Waals surface area contributed by atoms with Crippen LogP contribution >= 0.6 is 0 Å². The van der Waals surface area contributed by atoms with Gasteiger partial charge in [0.1, 0.15) is 0 Å². The monoisotopic (exact) mass is 294 g/mol. The number of tetrazole rings is 1. The highest BCUT2D eigenvalue weighted by atomic mass is 15.5. The Labute approximate surface area is 126 Å². The smallest absolute Gasteiger partial charge is 0.222 e. The standard InChI is InChI=1S/C14H14N8/c1-9-7-11-12(8-10(9)15-2)22-14(18-19-20-22)13(17-11)21-5-3-16-4-6-21/h7-8,16H,3-6H2,1H3. The molecule has 8 heteroatoms. The van der Waals surface area contributed by atoms with Crippen molar-refractivity contribution in [3.05, 3.63) is 29.1 Å². The Morgan fingerprint density at radius 3 is 2.86 bits per heavy atom. The van der Waals surface area contributed by atoms with Gasteiger partial charge < -0.3 is 10.2 Å². The predicted octanol–water partition coefficient (Wildman–Crippen LogP) is 0.941. The van der Waals surface area contributed by atoms with E-state index in [9.17, 15) is 0 Å². The third kappa shape index (κ3) is 1.87. The lowest BCUT2D eigenvalue weighted by atomic mass is 10.1. The quantitative estimate of drug-likeness (QED) is 0.673. The zero-order chi connectivity index (χ0) is 15.1. The number of rotatable bonds is 1. The lowest BCUT2D eigenvalue weighted by Gasteiger charge is -2.28. The third-order valence-corrected chi connectivity index (χ3v) is 3.95. The molecule has 0 unspecified atom stereocenters. The van der Waals surface area contributed by atoms with E-state index in [0.29, 0.717) is 11.3 Å². The summed E-state index contributed by atoms with van der Waals surface area (Å²) in [6.45, 7) is 12.8. The number of aromatic nitrogens is 5. The molecule has 0 saturated carbocycles. The van der Waals surface area contributed by atoms with Gasteiger partial charge in [-0.15, -0.1) is 5.10 Å². The summed E-state index contributed by atoms with van der Waals surface area (Å²) in [5.41, 5.74) is 3.71. The number of hydrogen-bond donors (Lipinski definition) is 1. The first-order valence-electron chi connectivity index (χ1n) is 7.13. The molecule has 0 spiro atoms. The first kappa shape index (κ1) is 12.9. The first-order valence-corrected chi connectivity index (χ1v) is 7.13. The Morgan fingerprint density at radius 1 is 1.27 bits per heavy atom. The van der Waals surface area contributed by atoms with E-state index >= 15 is 0 Å². The maximum absolute atomic E-state index is 7.26. The van der Waals surface area contributed by atoms with Gasteiger partial charge in [0.05, 0.1) is 17.6 Å². The van der Waals surface area contributed by atoms with E-state index in [1.165, 1.54) is 0 Å². The highest BCUT2D eigenvalue weighted by Gasteiger charge is 2.19. The van der Waals surface area contributed by atoms with Gasteiger partial charge in [-0.05, 0) is 35.0 Å². The number of anilines is 1. The second-order valence-electron chi connectivity index (χ2n) is 5.33. The third-order valence-electron chi connectivity index (χ3n) is 3.95. The average Bonchev–Trinajstić information content (AvgIpc) is 3.04. The fraction of sp³-hybridized carbons (Fsp3) is 0.357. The molecule has 0 bridgehead atoms. The van der Waals surface area contributed by atoms with E-state index in [4.69, 9.17) is 11.6 Å². The molecule has 3 heterocycles. The highest BCUT2D eigenvalue weighted by molar-refractivity contribution is 5.86. The Kier molecular flexibility index (Phi) is 2.87. The molecule has 22 heavy (non-hydrogen) atoms. The Balaban J connectivity index is 2.01. The summed E-state index contributed by atoms with van der Waals surface area (Å²) in [6, 6.07) is 3.73. The number of piperazine rings is 1. The summed E-state index contributed by atoms with van der Waals surface area (Å²) in [7, 11) is 0. The van der Waals surface area contributed by atoms with E-state index in [-0.39, 0.29) is 0 Å². The van der Waals surface area contributed by atoms with Gasteiger partial charge in [-0.25, -0.2) is 9.83 Å². The van der Waals surface area contributed by atoms with Crippen LogP contribution in [0.3, 0.4) is 0 Å². The number of benzene rings is 1. The second kappa shape index (κ2) is 4.89. The average molecular weight is 294 g/mol. The Hall–Kier alpha value is -2.79. The molecule has 1 N–H and O–H groups in total. The minimum Gasteiger partial charge on any atom is -0.351 e. The van der Waals surface area contributed by atoms with Gasteiger partial charge in [0.15, 0.2) is 11.5 Å². The summed E-state index contributed by atoms with van der Waals surface area (Å²) in [6.07, 6.45) is 0. The normalized spacial score (nSPS) is 15.4. The lowest BCUT2D eigenvalue weighted by Crippen LogP contribution is -2.44. The number of hydrogen-bond acceptors (Lipinski definition) is 6.